The molecule has 128 valence electrons. The smallest absolute Gasteiger partial charge is 0.222 e. The van der Waals surface area contributed by atoms with E-state index in [0.717, 1.165) is 16.9 Å². The molecule has 2 aromatic rings. The van der Waals surface area contributed by atoms with E-state index < -0.39 is 0 Å². The van der Waals surface area contributed by atoms with Crippen LogP contribution in [0.15, 0.2) is 54.6 Å². The average molecular weight is 326 g/mol. The maximum atomic E-state index is 12.2. The Morgan fingerprint density at radius 1 is 1.00 bits per heavy atom. The molecule has 0 aliphatic carbocycles. The molecule has 1 amide bonds. The van der Waals surface area contributed by atoms with Gasteiger partial charge in [0.1, 0.15) is 5.75 Å². The predicted octanol–water partition coefficient (Wildman–Crippen LogP) is 3.74. The summed E-state index contributed by atoms with van der Waals surface area (Å²) in [5, 5.41) is 3.00. The largest absolute Gasteiger partial charge is 0.491 e. The zero-order valence-corrected chi connectivity index (χ0v) is 14.5. The van der Waals surface area contributed by atoms with E-state index in [2.05, 4.69) is 5.32 Å². The van der Waals surface area contributed by atoms with Crippen molar-refractivity contribution in [1.82, 2.24) is 5.32 Å². The van der Waals surface area contributed by atoms with E-state index in [1.165, 1.54) is 0 Å². The molecule has 0 fully saturated rings. The van der Waals surface area contributed by atoms with Crippen molar-refractivity contribution in [2.45, 2.75) is 45.4 Å². The third-order valence-electron chi connectivity index (χ3n) is 3.76. The van der Waals surface area contributed by atoms with Crippen molar-refractivity contribution in [3.05, 3.63) is 65.7 Å². The first kappa shape index (κ1) is 18.0. The molecular formula is C20H26N2O2. The number of carbonyl (C=O) groups excluding carboxylic acids is 1. The Bertz CT molecular complexity index is 638. The summed E-state index contributed by atoms with van der Waals surface area (Å²) in [6.45, 7) is 5.95. The van der Waals surface area contributed by atoms with Crippen LogP contribution < -0.4 is 15.8 Å². The van der Waals surface area contributed by atoms with Crippen LogP contribution in [0.5, 0.6) is 5.75 Å². The fourth-order valence-corrected chi connectivity index (χ4v) is 2.51. The van der Waals surface area contributed by atoms with Crippen LogP contribution in [0.3, 0.4) is 0 Å². The summed E-state index contributed by atoms with van der Waals surface area (Å²) < 4.78 is 5.63. The molecule has 0 aliphatic rings. The van der Waals surface area contributed by atoms with E-state index in [4.69, 9.17) is 10.5 Å². The van der Waals surface area contributed by atoms with Gasteiger partial charge in [0.05, 0.1) is 12.1 Å². The first-order valence-corrected chi connectivity index (χ1v) is 8.32. The molecule has 2 aromatic carbocycles. The van der Waals surface area contributed by atoms with Crippen LogP contribution in [-0.4, -0.2) is 12.0 Å². The lowest BCUT2D eigenvalue weighted by molar-refractivity contribution is -0.122. The Labute approximate surface area is 144 Å². The monoisotopic (exact) mass is 326 g/mol. The van der Waals surface area contributed by atoms with E-state index in [0.29, 0.717) is 0 Å². The number of amides is 1. The van der Waals surface area contributed by atoms with Gasteiger partial charge in [-0.3, -0.25) is 4.79 Å². The van der Waals surface area contributed by atoms with Gasteiger partial charge < -0.3 is 15.8 Å². The van der Waals surface area contributed by atoms with Crippen LogP contribution in [0, 0.1) is 0 Å². The first-order chi connectivity index (χ1) is 11.5. The van der Waals surface area contributed by atoms with Gasteiger partial charge in [-0.25, -0.2) is 0 Å². The van der Waals surface area contributed by atoms with Gasteiger partial charge in [-0.1, -0.05) is 42.5 Å². The van der Waals surface area contributed by atoms with Crippen LogP contribution >= 0.6 is 0 Å². The number of ether oxygens (including phenoxy) is 1. The number of hydrogen-bond acceptors (Lipinski definition) is 3. The molecule has 4 heteroatoms. The van der Waals surface area contributed by atoms with E-state index >= 15 is 0 Å². The minimum atomic E-state index is -0.291. The van der Waals surface area contributed by atoms with Crippen molar-refractivity contribution in [2.75, 3.05) is 0 Å². The van der Waals surface area contributed by atoms with Crippen molar-refractivity contribution in [3.63, 3.8) is 0 Å². The Hall–Kier alpha value is -2.33. The molecule has 3 N–H and O–H groups in total. The molecule has 4 nitrogen and oxygen atoms in total. The second-order valence-corrected chi connectivity index (χ2v) is 6.25. The Morgan fingerprint density at radius 2 is 1.62 bits per heavy atom. The fourth-order valence-electron chi connectivity index (χ4n) is 2.51. The van der Waals surface area contributed by atoms with Gasteiger partial charge >= 0.3 is 0 Å². The predicted molar refractivity (Wildman–Crippen MR) is 96.8 cm³/mol. The highest BCUT2D eigenvalue weighted by Gasteiger charge is 2.14. The van der Waals surface area contributed by atoms with Crippen LogP contribution in [0.2, 0.25) is 0 Å². The molecule has 0 saturated carbocycles. The molecule has 0 radical (unpaired) electrons. The topological polar surface area (TPSA) is 64.3 Å². The van der Waals surface area contributed by atoms with Crippen molar-refractivity contribution >= 4 is 5.91 Å². The van der Waals surface area contributed by atoms with Crippen molar-refractivity contribution in [1.29, 1.82) is 0 Å². The van der Waals surface area contributed by atoms with Gasteiger partial charge in [0.25, 0.3) is 0 Å². The SMILES string of the molecule is CC(C)Oc1ccc(C(C)NC(=O)CC(N)c2ccccc2)cc1. The van der Waals surface area contributed by atoms with Crippen molar-refractivity contribution in [2.24, 2.45) is 5.73 Å². The molecule has 0 heterocycles. The quantitative estimate of drug-likeness (QED) is 0.814. The maximum absolute atomic E-state index is 12.2. The molecule has 2 unspecified atom stereocenters. The Morgan fingerprint density at radius 3 is 2.21 bits per heavy atom. The van der Waals surface area contributed by atoms with Crippen molar-refractivity contribution < 1.29 is 9.53 Å². The van der Waals surface area contributed by atoms with Crippen LogP contribution in [-0.2, 0) is 4.79 Å². The number of hydrogen-bond donors (Lipinski definition) is 2. The molecule has 2 atom stereocenters. The Kier molecular flexibility index (Phi) is 6.38. The number of nitrogens with two attached hydrogens (primary N) is 1. The summed E-state index contributed by atoms with van der Waals surface area (Å²) in [6.07, 6.45) is 0.413. The zero-order chi connectivity index (χ0) is 17.5. The Balaban J connectivity index is 1.89. The molecule has 0 bridgehead atoms. The summed E-state index contributed by atoms with van der Waals surface area (Å²) in [5.41, 5.74) is 8.10. The second-order valence-electron chi connectivity index (χ2n) is 6.25. The third kappa shape index (κ3) is 5.39. The lowest BCUT2D eigenvalue weighted by Crippen LogP contribution is -2.29. The van der Waals surface area contributed by atoms with E-state index in [1.807, 2.05) is 75.4 Å². The number of carbonyl (C=O) groups is 1. The van der Waals surface area contributed by atoms with Gasteiger partial charge in [0.15, 0.2) is 0 Å². The molecule has 0 aliphatic heterocycles. The van der Waals surface area contributed by atoms with Gasteiger partial charge in [-0.2, -0.15) is 0 Å². The standard InChI is InChI=1S/C20H26N2O2/c1-14(2)24-18-11-9-16(10-12-18)15(3)22-20(23)13-19(21)17-7-5-4-6-8-17/h4-12,14-15,19H,13,21H2,1-3H3,(H,22,23). The molecule has 0 spiro atoms. The van der Waals surface area contributed by atoms with E-state index in [1.54, 1.807) is 0 Å². The maximum Gasteiger partial charge on any atom is 0.222 e. The normalized spacial score (nSPS) is 13.4. The number of rotatable bonds is 7. The third-order valence-corrected chi connectivity index (χ3v) is 3.76. The summed E-state index contributed by atoms with van der Waals surface area (Å²) >= 11 is 0. The van der Waals surface area contributed by atoms with Crippen LogP contribution in [0.1, 0.15) is 50.4 Å². The van der Waals surface area contributed by atoms with Crippen LogP contribution in [0.25, 0.3) is 0 Å². The summed E-state index contributed by atoms with van der Waals surface area (Å²) in [4.78, 5) is 12.2. The average Bonchev–Trinajstić information content (AvgIpc) is 2.55. The summed E-state index contributed by atoms with van der Waals surface area (Å²) in [5.74, 6) is 0.778. The lowest BCUT2D eigenvalue weighted by Gasteiger charge is -2.17. The summed E-state index contributed by atoms with van der Waals surface area (Å²) in [6, 6.07) is 17.1. The molecule has 0 saturated heterocycles. The lowest BCUT2D eigenvalue weighted by atomic mass is 10.0. The number of nitrogens with one attached hydrogen (secondary N) is 1. The molecule has 2 rings (SSSR count). The van der Waals surface area contributed by atoms with E-state index in [-0.39, 0.29) is 30.5 Å². The highest BCUT2D eigenvalue weighted by Crippen LogP contribution is 2.19. The van der Waals surface area contributed by atoms with Crippen LogP contribution in [0.4, 0.5) is 0 Å². The van der Waals surface area contributed by atoms with E-state index in [9.17, 15) is 4.79 Å². The van der Waals surface area contributed by atoms with Gasteiger partial charge in [-0.15, -0.1) is 0 Å². The van der Waals surface area contributed by atoms with Gasteiger partial charge in [0.2, 0.25) is 5.91 Å². The highest BCUT2D eigenvalue weighted by molar-refractivity contribution is 5.77. The minimum Gasteiger partial charge on any atom is -0.491 e. The number of benzene rings is 2. The highest BCUT2D eigenvalue weighted by atomic mass is 16.5. The first-order valence-electron chi connectivity index (χ1n) is 8.32. The van der Waals surface area contributed by atoms with Crippen molar-refractivity contribution in [3.8, 4) is 5.75 Å². The fraction of sp³-hybridized carbons (Fsp3) is 0.350. The second kappa shape index (κ2) is 8.50. The zero-order valence-electron chi connectivity index (χ0n) is 14.5. The van der Waals surface area contributed by atoms with Gasteiger partial charge in [-0.05, 0) is 44.0 Å². The molecule has 0 aromatic heterocycles. The van der Waals surface area contributed by atoms with Gasteiger partial charge in [0, 0.05) is 12.5 Å². The minimum absolute atomic E-state index is 0.0543. The summed E-state index contributed by atoms with van der Waals surface area (Å²) in [7, 11) is 0. The molecule has 24 heavy (non-hydrogen) atoms. The molecular weight excluding hydrogens is 300 g/mol.